The van der Waals surface area contributed by atoms with Crippen LogP contribution in [0.3, 0.4) is 0 Å². The fourth-order valence-electron chi connectivity index (χ4n) is 2.27. The van der Waals surface area contributed by atoms with E-state index >= 15 is 0 Å². The standard InChI is InChI=1S/C16H19O.C5H5.Fe/c1-2-3-13-16(14-9-7-8-10-14)17-15-11-5-4-6-12-15;1-2-4-5-3-1;/h4-12,16H,2-3,13H2,1H3;1-5H;/q2*-1;. The largest absolute Gasteiger partial charge is 0.498 e. The normalized spacial score (nSPS) is 10.8. The number of hydrogen-bond acceptors (Lipinski definition) is 1. The van der Waals surface area contributed by atoms with Crippen LogP contribution in [0.5, 0.6) is 5.75 Å². The van der Waals surface area contributed by atoms with Crippen LogP contribution in [0.2, 0.25) is 0 Å². The van der Waals surface area contributed by atoms with Crippen molar-refractivity contribution in [1.82, 2.24) is 0 Å². The van der Waals surface area contributed by atoms with E-state index in [1.807, 2.05) is 60.7 Å². The summed E-state index contributed by atoms with van der Waals surface area (Å²) in [5.41, 5.74) is 1.28. The van der Waals surface area contributed by atoms with Gasteiger partial charge in [-0.2, -0.15) is 30.3 Å². The molecule has 0 amide bonds. The number of unbranched alkanes of at least 4 members (excludes halogenated alkanes) is 1. The van der Waals surface area contributed by atoms with Gasteiger partial charge in [0.25, 0.3) is 0 Å². The van der Waals surface area contributed by atoms with Crippen LogP contribution in [0.25, 0.3) is 0 Å². The maximum Gasteiger partial charge on any atom is 0.118 e. The minimum absolute atomic E-state index is 0. The number of rotatable bonds is 6. The first-order valence-corrected chi connectivity index (χ1v) is 8.00. The molecular formula is C21H24FeO-2. The Morgan fingerprint density at radius 2 is 1.61 bits per heavy atom. The monoisotopic (exact) mass is 348 g/mol. The van der Waals surface area contributed by atoms with E-state index in [4.69, 9.17) is 4.74 Å². The van der Waals surface area contributed by atoms with Crippen molar-refractivity contribution in [3.63, 3.8) is 0 Å². The number of benzene rings is 1. The van der Waals surface area contributed by atoms with E-state index in [-0.39, 0.29) is 23.2 Å². The predicted molar refractivity (Wildman–Crippen MR) is 93.4 cm³/mol. The Morgan fingerprint density at radius 3 is 2.13 bits per heavy atom. The molecular weight excluding hydrogens is 324 g/mol. The van der Waals surface area contributed by atoms with E-state index < -0.39 is 0 Å². The summed E-state index contributed by atoms with van der Waals surface area (Å²) in [6.07, 6.45) is 3.67. The molecule has 1 atom stereocenters. The molecule has 0 heterocycles. The van der Waals surface area contributed by atoms with E-state index in [0.29, 0.717) is 0 Å². The van der Waals surface area contributed by atoms with Crippen LogP contribution in [0.4, 0.5) is 0 Å². The van der Waals surface area contributed by atoms with Crippen LogP contribution in [0.15, 0.2) is 84.9 Å². The number of hydrogen-bond donors (Lipinski definition) is 0. The molecule has 0 aromatic heterocycles. The van der Waals surface area contributed by atoms with Crippen molar-refractivity contribution >= 4 is 0 Å². The van der Waals surface area contributed by atoms with Crippen molar-refractivity contribution in [2.24, 2.45) is 0 Å². The van der Waals surface area contributed by atoms with Crippen LogP contribution in [-0.4, -0.2) is 0 Å². The van der Waals surface area contributed by atoms with Gasteiger partial charge >= 0.3 is 0 Å². The third-order valence-electron chi connectivity index (χ3n) is 3.46. The van der Waals surface area contributed by atoms with E-state index in [9.17, 15) is 0 Å². The summed E-state index contributed by atoms with van der Waals surface area (Å²) in [6.45, 7) is 2.21. The SMILES string of the molecule is CCCCC(Oc1ccccc1)[c-]1cccc1.[Fe].c1cc[cH-]c1. The summed E-state index contributed by atoms with van der Waals surface area (Å²) in [5.74, 6) is 0.954. The van der Waals surface area contributed by atoms with Gasteiger partial charge in [0.15, 0.2) is 0 Å². The van der Waals surface area contributed by atoms with Gasteiger partial charge in [0.05, 0.1) is 6.10 Å². The molecule has 3 aromatic rings. The first-order valence-electron chi connectivity index (χ1n) is 8.00. The molecule has 3 rings (SSSR count). The van der Waals surface area contributed by atoms with E-state index in [1.54, 1.807) is 0 Å². The summed E-state index contributed by atoms with van der Waals surface area (Å²) >= 11 is 0. The summed E-state index contributed by atoms with van der Waals surface area (Å²) in [5, 5.41) is 0. The molecule has 0 bridgehead atoms. The Morgan fingerprint density at radius 1 is 0.957 bits per heavy atom. The molecule has 0 saturated carbocycles. The van der Waals surface area contributed by atoms with Gasteiger partial charge in [-0.15, -0.1) is 5.56 Å². The van der Waals surface area contributed by atoms with E-state index in [2.05, 4.69) is 31.2 Å². The maximum atomic E-state index is 6.06. The molecule has 3 aromatic carbocycles. The van der Waals surface area contributed by atoms with Crippen LogP contribution in [-0.2, 0) is 17.1 Å². The Labute approximate surface area is 150 Å². The smallest absolute Gasteiger partial charge is 0.118 e. The molecule has 0 aliphatic carbocycles. The van der Waals surface area contributed by atoms with Gasteiger partial charge in [0.2, 0.25) is 0 Å². The Bertz CT molecular complexity index is 552. The van der Waals surface area contributed by atoms with Crippen LogP contribution in [0, 0.1) is 0 Å². The third kappa shape index (κ3) is 7.36. The average molecular weight is 348 g/mol. The first-order chi connectivity index (χ1) is 10.9. The van der Waals surface area contributed by atoms with Crippen molar-refractivity contribution in [3.05, 3.63) is 90.5 Å². The number of para-hydroxylation sites is 1. The van der Waals surface area contributed by atoms with Crippen molar-refractivity contribution < 1.29 is 21.8 Å². The molecule has 1 unspecified atom stereocenters. The molecule has 23 heavy (non-hydrogen) atoms. The van der Waals surface area contributed by atoms with Crippen molar-refractivity contribution in [2.45, 2.75) is 32.3 Å². The second-order valence-corrected chi connectivity index (χ2v) is 5.24. The van der Waals surface area contributed by atoms with Gasteiger partial charge in [-0.1, -0.05) is 38.0 Å². The van der Waals surface area contributed by atoms with E-state index in [1.165, 1.54) is 18.4 Å². The second kappa shape index (κ2) is 11.8. The first kappa shape index (κ1) is 19.3. The zero-order valence-electron chi connectivity index (χ0n) is 13.5. The molecule has 0 aliphatic rings. The molecule has 0 fully saturated rings. The molecule has 0 saturated heterocycles. The van der Waals surface area contributed by atoms with Gasteiger partial charge in [-0.3, -0.25) is 0 Å². The summed E-state index contributed by atoms with van der Waals surface area (Å²) in [7, 11) is 0. The predicted octanol–water partition coefficient (Wildman–Crippen LogP) is 6.12. The van der Waals surface area contributed by atoms with Crippen molar-refractivity contribution in [2.75, 3.05) is 0 Å². The van der Waals surface area contributed by atoms with Gasteiger partial charge in [0, 0.05) is 17.1 Å². The third-order valence-corrected chi connectivity index (χ3v) is 3.46. The topological polar surface area (TPSA) is 9.23 Å². The molecule has 124 valence electrons. The second-order valence-electron chi connectivity index (χ2n) is 5.24. The zero-order chi connectivity index (χ0) is 15.5. The molecule has 0 spiro atoms. The van der Waals surface area contributed by atoms with Gasteiger partial charge < -0.3 is 4.74 Å². The Kier molecular flexibility index (Phi) is 9.86. The Hall–Kier alpha value is -1.76. The Balaban J connectivity index is 0.000000377. The van der Waals surface area contributed by atoms with Gasteiger partial charge in [-0.25, -0.2) is 24.3 Å². The quantitative estimate of drug-likeness (QED) is 0.385. The molecule has 2 heteroatoms. The molecule has 0 aliphatic heterocycles. The summed E-state index contributed by atoms with van der Waals surface area (Å²) in [4.78, 5) is 0. The van der Waals surface area contributed by atoms with Crippen LogP contribution < -0.4 is 4.74 Å². The van der Waals surface area contributed by atoms with Crippen LogP contribution in [0.1, 0.15) is 37.9 Å². The average Bonchev–Trinajstić information content (AvgIpc) is 3.28. The zero-order valence-corrected chi connectivity index (χ0v) is 14.6. The fraction of sp³-hybridized carbons (Fsp3) is 0.238. The number of ether oxygens (including phenoxy) is 1. The van der Waals surface area contributed by atoms with Crippen molar-refractivity contribution in [3.8, 4) is 5.75 Å². The minimum atomic E-state index is 0. The maximum absolute atomic E-state index is 6.06. The van der Waals surface area contributed by atoms with Crippen LogP contribution >= 0.6 is 0 Å². The fourth-order valence-corrected chi connectivity index (χ4v) is 2.27. The summed E-state index contributed by atoms with van der Waals surface area (Å²) < 4.78 is 6.06. The minimum Gasteiger partial charge on any atom is -0.498 e. The van der Waals surface area contributed by atoms with Gasteiger partial charge in [0.1, 0.15) is 5.75 Å². The van der Waals surface area contributed by atoms with Crippen molar-refractivity contribution in [1.29, 1.82) is 0 Å². The van der Waals surface area contributed by atoms with E-state index in [0.717, 1.165) is 12.2 Å². The molecule has 0 radical (unpaired) electrons. The molecule has 1 nitrogen and oxygen atoms in total. The van der Waals surface area contributed by atoms with Gasteiger partial charge in [-0.05, 0) is 18.6 Å². The summed E-state index contributed by atoms with van der Waals surface area (Å²) in [6, 6.07) is 28.5. The molecule has 0 N–H and O–H groups in total.